The quantitative estimate of drug-likeness (QED) is 0.443. The van der Waals surface area contributed by atoms with Crippen LogP contribution in [0.15, 0.2) is 0 Å². The second kappa shape index (κ2) is 11.8. The van der Waals surface area contributed by atoms with Gasteiger partial charge in [0.15, 0.2) is 0 Å². The summed E-state index contributed by atoms with van der Waals surface area (Å²) >= 11 is 3.52. The van der Waals surface area contributed by atoms with Gasteiger partial charge >= 0.3 is 8.25 Å². The third-order valence-corrected chi connectivity index (χ3v) is 3.56. The van der Waals surface area contributed by atoms with Crippen molar-refractivity contribution in [3.05, 3.63) is 0 Å². The van der Waals surface area contributed by atoms with Crippen molar-refractivity contribution >= 4 is 31.8 Å². The van der Waals surface area contributed by atoms with Gasteiger partial charge in [-0.15, -0.1) is 9.05 Å². The van der Waals surface area contributed by atoms with Crippen LogP contribution in [0.1, 0.15) is 12.8 Å². The Bertz CT molecular complexity index is 133. The molecule has 0 N–H and O–H groups in total. The van der Waals surface area contributed by atoms with Gasteiger partial charge < -0.3 is 0 Å². The largest absolute Gasteiger partial charge is 0.697 e. The lowest BCUT2D eigenvalue weighted by Gasteiger charge is -1.92. The molecule has 0 atom stereocenters. The van der Waals surface area contributed by atoms with Gasteiger partial charge in [0, 0.05) is 4.57 Å². The molecule has 0 heterocycles. The Balaban J connectivity index is 3.11. The smallest absolute Gasteiger partial charge is 0.165 e. The second-order valence-corrected chi connectivity index (χ2v) is 5.52. The summed E-state index contributed by atoms with van der Waals surface area (Å²) in [5, 5.41) is 0. The fraction of sp³-hybridized carbons (Fsp3) is 1.00. The van der Waals surface area contributed by atoms with Crippen LogP contribution < -0.4 is 0 Å². The van der Waals surface area contributed by atoms with Crippen molar-refractivity contribution in [1.29, 1.82) is 0 Å². The molecule has 0 aromatic rings. The number of hydrogen-bond acceptors (Lipinski definition) is 5. The predicted octanol–water partition coefficient (Wildman–Crippen LogP) is 3.18. The summed E-state index contributed by atoms with van der Waals surface area (Å²) in [5.74, 6) is 2.07. The topological polar surface area (TPSA) is 35.5 Å². The number of hydrogen-bond donors (Lipinski definition) is 0. The summed E-state index contributed by atoms with van der Waals surface area (Å²) in [5.41, 5.74) is 0. The van der Waals surface area contributed by atoms with E-state index in [4.69, 9.17) is 9.05 Å². The van der Waals surface area contributed by atoms with Crippen LogP contribution in [0.5, 0.6) is 0 Å². The lowest BCUT2D eigenvalue weighted by atomic mass is 10.5. The standard InChI is InChI=1S/C8H18O3PS2/c1-13-7-3-5-10-12(9)11-6-4-8-14-2/h3-8H2,1-2H3/q+1. The van der Waals surface area contributed by atoms with Crippen LogP contribution in [0.25, 0.3) is 0 Å². The Morgan fingerprint density at radius 1 is 1.00 bits per heavy atom. The van der Waals surface area contributed by atoms with E-state index in [2.05, 4.69) is 0 Å². The molecule has 14 heavy (non-hydrogen) atoms. The zero-order valence-electron chi connectivity index (χ0n) is 8.73. The van der Waals surface area contributed by atoms with E-state index in [0.29, 0.717) is 13.2 Å². The van der Waals surface area contributed by atoms with Crippen molar-refractivity contribution < 1.29 is 13.6 Å². The minimum absolute atomic E-state index is 0.526. The van der Waals surface area contributed by atoms with E-state index in [1.54, 1.807) is 23.5 Å². The Hall–Kier alpha value is 0.720. The van der Waals surface area contributed by atoms with Gasteiger partial charge in [-0.3, -0.25) is 0 Å². The van der Waals surface area contributed by atoms with Crippen LogP contribution >= 0.6 is 31.8 Å². The predicted molar refractivity (Wildman–Crippen MR) is 65.5 cm³/mol. The molecule has 84 valence electrons. The lowest BCUT2D eigenvalue weighted by Crippen LogP contribution is -1.93. The van der Waals surface area contributed by atoms with Gasteiger partial charge in [0.25, 0.3) is 0 Å². The van der Waals surface area contributed by atoms with E-state index in [0.717, 1.165) is 24.3 Å². The number of rotatable bonds is 10. The number of thioether (sulfide) groups is 2. The Morgan fingerprint density at radius 2 is 1.43 bits per heavy atom. The molecule has 0 unspecified atom stereocenters. The van der Waals surface area contributed by atoms with E-state index < -0.39 is 8.25 Å². The average molecular weight is 257 g/mol. The van der Waals surface area contributed by atoms with Crippen molar-refractivity contribution in [2.24, 2.45) is 0 Å². The molecular weight excluding hydrogens is 239 g/mol. The Labute approximate surface area is 95.6 Å². The zero-order chi connectivity index (χ0) is 10.6. The molecule has 0 bridgehead atoms. The van der Waals surface area contributed by atoms with Crippen LogP contribution in [-0.2, 0) is 13.6 Å². The molecule has 0 saturated carbocycles. The molecule has 0 radical (unpaired) electrons. The Kier molecular flexibility index (Phi) is 12.4. The molecule has 0 amide bonds. The van der Waals surface area contributed by atoms with Crippen LogP contribution in [0, 0.1) is 0 Å². The van der Waals surface area contributed by atoms with Gasteiger partial charge in [-0.2, -0.15) is 23.5 Å². The maximum atomic E-state index is 11.1. The summed E-state index contributed by atoms with van der Waals surface area (Å²) in [4.78, 5) is 0. The molecular formula is C8H18O3PS2+. The van der Waals surface area contributed by atoms with Crippen LogP contribution in [0.2, 0.25) is 0 Å². The minimum Gasteiger partial charge on any atom is -0.165 e. The molecule has 0 rings (SSSR count). The zero-order valence-corrected chi connectivity index (χ0v) is 11.3. The van der Waals surface area contributed by atoms with Gasteiger partial charge in [-0.05, 0) is 36.9 Å². The van der Waals surface area contributed by atoms with Gasteiger partial charge in [-0.25, -0.2) is 0 Å². The van der Waals surface area contributed by atoms with Gasteiger partial charge in [0.05, 0.1) is 0 Å². The van der Waals surface area contributed by atoms with Crippen molar-refractivity contribution in [2.45, 2.75) is 12.8 Å². The molecule has 0 saturated heterocycles. The van der Waals surface area contributed by atoms with Gasteiger partial charge in [0.2, 0.25) is 0 Å². The average Bonchev–Trinajstić information content (AvgIpc) is 2.19. The first-order valence-electron chi connectivity index (χ1n) is 4.52. The second-order valence-electron chi connectivity index (χ2n) is 2.58. The van der Waals surface area contributed by atoms with Gasteiger partial charge in [-0.1, -0.05) is 0 Å². The maximum absolute atomic E-state index is 11.1. The minimum atomic E-state index is -1.88. The first kappa shape index (κ1) is 14.7. The van der Waals surface area contributed by atoms with E-state index in [1.807, 2.05) is 12.5 Å². The van der Waals surface area contributed by atoms with E-state index in [1.165, 1.54) is 0 Å². The summed E-state index contributed by atoms with van der Waals surface area (Å²) in [7, 11) is -1.88. The molecule has 0 aromatic carbocycles. The first-order chi connectivity index (χ1) is 6.81. The molecule has 0 aliphatic rings. The summed E-state index contributed by atoms with van der Waals surface area (Å²) < 4.78 is 21.0. The third kappa shape index (κ3) is 10.8. The highest BCUT2D eigenvalue weighted by molar-refractivity contribution is 7.98. The molecule has 0 spiro atoms. The molecule has 3 nitrogen and oxygen atoms in total. The molecule has 0 aromatic heterocycles. The van der Waals surface area contributed by atoms with Crippen LogP contribution in [-0.4, -0.2) is 37.2 Å². The fourth-order valence-corrected chi connectivity index (χ4v) is 2.17. The third-order valence-electron chi connectivity index (χ3n) is 1.38. The van der Waals surface area contributed by atoms with Crippen molar-refractivity contribution in [3.63, 3.8) is 0 Å². The molecule has 6 heteroatoms. The maximum Gasteiger partial charge on any atom is 0.697 e. The Morgan fingerprint density at radius 3 is 1.79 bits per heavy atom. The molecule has 0 aliphatic heterocycles. The van der Waals surface area contributed by atoms with E-state index >= 15 is 0 Å². The van der Waals surface area contributed by atoms with E-state index in [-0.39, 0.29) is 0 Å². The lowest BCUT2D eigenvalue weighted by molar-refractivity contribution is 0.227. The van der Waals surface area contributed by atoms with Crippen LogP contribution in [0.3, 0.4) is 0 Å². The van der Waals surface area contributed by atoms with Crippen molar-refractivity contribution in [2.75, 3.05) is 37.2 Å². The van der Waals surface area contributed by atoms with Crippen molar-refractivity contribution in [1.82, 2.24) is 0 Å². The highest BCUT2D eigenvalue weighted by Gasteiger charge is 2.18. The fourth-order valence-electron chi connectivity index (χ4n) is 0.722. The first-order valence-corrected chi connectivity index (χ1v) is 8.40. The normalized spacial score (nSPS) is 10.4. The summed E-state index contributed by atoms with van der Waals surface area (Å²) in [6, 6.07) is 0. The van der Waals surface area contributed by atoms with Crippen LogP contribution in [0.4, 0.5) is 0 Å². The molecule has 0 fully saturated rings. The van der Waals surface area contributed by atoms with Gasteiger partial charge in [0.1, 0.15) is 13.2 Å². The highest BCUT2D eigenvalue weighted by Crippen LogP contribution is 2.24. The summed E-state index contributed by atoms with van der Waals surface area (Å²) in [6.45, 7) is 1.05. The monoisotopic (exact) mass is 257 g/mol. The van der Waals surface area contributed by atoms with E-state index in [9.17, 15) is 4.57 Å². The summed E-state index contributed by atoms with van der Waals surface area (Å²) in [6.07, 6.45) is 5.94. The molecule has 0 aliphatic carbocycles. The highest BCUT2D eigenvalue weighted by atomic mass is 32.2. The SMILES string of the molecule is CSCCCO[P+](=O)OCCCSC. The van der Waals surface area contributed by atoms with Crippen molar-refractivity contribution in [3.8, 4) is 0 Å².